The average Bonchev–Trinajstić information content (AvgIpc) is 2.84. The lowest BCUT2D eigenvalue weighted by molar-refractivity contribution is -0.127. The number of amides is 3. The second-order valence-corrected chi connectivity index (χ2v) is 5.96. The zero-order valence-corrected chi connectivity index (χ0v) is 13.3. The van der Waals surface area contributed by atoms with Crippen molar-refractivity contribution in [1.82, 2.24) is 9.88 Å². The molecule has 0 radical (unpaired) electrons. The van der Waals surface area contributed by atoms with Gasteiger partial charge < -0.3 is 5.32 Å². The highest BCUT2D eigenvalue weighted by Gasteiger charge is 2.36. The summed E-state index contributed by atoms with van der Waals surface area (Å²) in [6.45, 7) is -0.312. The number of benzene rings is 1. The zero-order valence-electron chi connectivity index (χ0n) is 12.5. The van der Waals surface area contributed by atoms with Crippen molar-refractivity contribution < 1.29 is 14.4 Å². The number of nitrogens with one attached hydrogen (secondary N) is 1. The fourth-order valence-electron chi connectivity index (χ4n) is 2.11. The Kier molecular flexibility index (Phi) is 4.72. The van der Waals surface area contributed by atoms with Gasteiger partial charge in [0, 0.05) is 18.1 Å². The van der Waals surface area contributed by atoms with Crippen LogP contribution in [0.2, 0.25) is 0 Å². The molecule has 0 bridgehead atoms. The third-order valence-corrected chi connectivity index (χ3v) is 4.14. The van der Waals surface area contributed by atoms with Gasteiger partial charge in [-0.2, -0.15) is 0 Å². The number of carbonyl (C=O) groups is 3. The number of hydrogen-bond acceptors (Lipinski definition) is 5. The number of imide groups is 1. The summed E-state index contributed by atoms with van der Waals surface area (Å²) >= 11 is 0.823. The first-order valence-electron chi connectivity index (χ1n) is 7.14. The van der Waals surface area contributed by atoms with Gasteiger partial charge in [-0.3, -0.25) is 24.3 Å². The van der Waals surface area contributed by atoms with E-state index in [1.807, 2.05) is 6.07 Å². The van der Waals surface area contributed by atoms with Crippen LogP contribution in [0.1, 0.15) is 5.56 Å². The minimum atomic E-state index is -0.468. The third-order valence-electron chi connectivity index (χ3n) is 3.24. The van der Waals surface area contributed by atoms with Crippen molar-refractivity contribution in [3.05, 3.63) is 65.3 Å². The molecule has 0 aliphatic carbocycles. The number of carbonyl (C=O) groups excluding carboxylic acids is 3. The fraction of sp³-hybridized carbons (Fsp3) is 0.0588. The van der Waals surface area contributed by atoms with Crippen LogP contribution < -0.4 is 5.32 Å². The van der Waals surface area contributed by atoms with Crippen LogP contribution in [0.5, 0.6) is 0 Å². The molecule has 6 nitrogen and oxygen atoms in total. The molecule has 1 aromatic heterocycles. The molecule has 1 aliphatic rings. The molecule has 1 N–H and O–H groups in total. The summed E-state index contributed by atoms with van der Waals surface area (Å²) in [5.74, 6) is -0.890. The first-order valence-corrected chi connectivity index (χ1v) is 7.95. The zero-order chi connectivity index (χ0) is 16.9. The standard InChI is InChI=1S/C17H13N3O3S/c21-15(19-13-4-2-1-3-5-13)11-20-16(22)14(24-17(20)23)10-12-6-8-18-9-7-12/h1-10H,11H2,(H,19,21). The van der Waals surface area contributed by atoms with Gasteiger partial charge in [-0.05, 0) is 47.7 Å². The Morgan fingerprint density at radius 1 is 1.12 bits per heavy atom. The maximum Gasteiger partial charge on any atom is 0.294 e. The molecule has 3 rings (SSSR count). The first-order chi connectivity index (χ1) is 11.6. The Bertz CT molecular complexity index is 806. The predicted molar refractivity (Wildman–Crippen MR) is 92.0 cm³/mol. The molecule has 3 amide bonds. The number of aromatic nitrogens is 1. The van der Waals surface area contributed by atoms with Crippen molar-refractivity contribution in [3.63, 3.8) is 0 Å². The van der Waals surface area contributed by atoms with Crippen molar-refractivity contribution in [2.75, 3.05) is 11.9 Å². The fourth-order valence-corrected chi connectivity index (χ4v) is 2.95. The molecule has 1 aromatic carbocycles. The van der Waals surface area contributed by atoms with Gasteiger partial charge in [0.25, 0.3) is 11.1 Å². The molecule has 120 valence electrons. The molecule has 0 atom stereocenters. The Balaban J connectivity index is 1.68. The van der Waals surface area contributed by atoms with Gasteiger partial charge in [0.2, 0.25) is 5.91 Å². The van der Waals surface area contributed by atoms with E-state index in [0.29, 0.717) is 10.6 Å². The Hall–Kier alpha value is -2.93. The smallest absolute Gasteiger partial charge is 0.294 e. The molecule has 1 aliphatic heterocycles. The summed E-state index contributed by atoms with van der Waals surface area (Å²) in [6.07, 6.45) is 4.81. The summed E-state index contributed by atoms with van der Waals surface area (Å²) < 4.78 is 0. The van der Waals surface area contributed by atoms with Crippen molar-refractivity contribution >= 4 is 40.6 Å². The lowest BCUT2D eigenvalue weighted by Crippen LogP contribution is -2.36. The summed E-state index contributed by atoms with van der Waals surface area (Å²) in [5, 5.41) is 2.20. The molecule has 1 saturated heterocycles. The van der Waals surface area contributed by atoms with E-state index in [1.165, 1.54) is 0 Å². The number of para-hydroxylation sites is 1. The van der Waals surface area contributed by atoms with E-state index in [2.05, 4.69) is 10.3 Å². The number of hydrogen-bond donors (Lipinski definition) is 1. The molecule has 0 saturated carbocycles. The largest absolute Gasteiger partial charge is 0.325 e. The number of anilines is 1. The summed E-state index contributed by atoms with van der Waals surface area (Å²) in [5.41, 5.74) is 1.38. The van der Waals surface area contributed by atoms with Crippen LogP contribution in [0.3, 0.4) is 0 Å². The van der Waals surface area contributed by atoms with Gasteiger partial charge in [0.15, 0.2) is 0 Å². The van der Waals surface area contributed by atoms with E-state index >= 15 is 0 Å². The molecule has 2 aromatic rings. The first kappa shape index (κ1) is 15.9. The highest BCUT2D eigenvalue weighted by Crippen LogP contribution is 2.31. The lowest BCUT2D eigenvalue weighted by atomic mass is 10.2. The molecule has 2 heterocycles. The lowest BCUT2D eigenvalue weighted by Gasteiger charge is -2.12. The van der Waals surface area contributed by atoms with Crippen molar-refractivity contribution in [3.8, 4) is 0 Å². The third kappa shape index (κ3) is 3.69. The SMILES string of the molecule is O=C(CN1C(=O)SC(=Cc2ccncc2)C1=O)Nc1ccccc1. The second kappa shape index (κ2) is 7.10. The normalized spacial score (nSPS) is 15.8. The van der Waals surface area contributed by atoms with Crippen molar-refractivity contribution in [2.45, 2.75) is 0 Å². The molecule has 0 spiro atoms. The maximum absolute atomic E-state index is 12.3. The second-order valence-electron chi connectivity index (χ2n) is 4.96. The highest BCUT2D eigenvalue weighted by molar-refractivity contribution is 8.18. The van der Waals surface area contributed by atoms with Crippen LogP contribution in [0, 0.1) is 0 Å². The number of rotatable bonds is 4. The maximum atomic E-state index is 12.3. The summed E-state index contributed by atoms with van der Waals surface area (Å²) in [4.78, 5) is 41.5. The van der Waals surface area contributed by atoms with Crippen LogP contribution in [-0.2, 0) is 9.59 Å². The Morgan fingerprint density at radius 2 is 1.83 bits per heavy atom. The van der Waals surface area contributed by atoms with Crippen LogP contribution in [0.25, 0.3) is 6.08 Å². The molecular weight excluding hydrogens is 326 g/mol. The molecule has 1 fully saturated rings. The van der Waals surface area contributed by atoms with Crippen LogP contribution >= 0.6 is 11.8 Å². The van der Waals surface area contributed by atoms with Gasteiger partial charge in [0.05, 0.1) is 4.91 Å². The van der Waals surface area contributed by atoms with E-state index in [-0.39, 0.29) is 6.54 Å². The number of nitrogens with zero attached hydrogens (tertiary/aromatic N) is 2. The molecule has 24 heavy (non-hydrogen) atoms. The van der Waals surface area contributed by atoms with Gasteiger partial charge in [-0.25, -0.2) is 0 Å². The molecule has 7 heteroatoms. The Labute approximate surface area is 142 Å². The van der Waals surface area contributed by atoms with Gasteiger partial charge in [0.1, 0.15) is 6.54 Å². The monoisotopic (exact) mass is 339 g/mol. The van der Waals surface area contributed by atoms with Gasteiger partial charge in [-0.1, -0.05) is 18.2 Å². The minimum absolute atomic E-state index is 0.290. The van der Waals surface area contributed by atoms with E-state index in [9.17, 15) is 14.4 Å². The number of pyridine rings is 1. The topological polar surface area (TPSA) is 79.4 Å². The molecule has 0 unspecified atom stereocenters. The average molecular weight is 339 g/mol. The quantitative estimate of drug-likeness (QED) is 0.867. The van der Waals surface area contributed by atoms with E-state index in [0.717, 1.165) is 22.2 Å². The van der Waals surface area contributed by atoms with Gasteiger partial charge >= 0.3 is 0 Å². The predicted octanol–water partition coefficient (Wildman–Crippen LogP) is 2.76. The van der Waals surface area contributed by atoms with E-state index in [1.54, 1.807) is 54.9 Å². The highest BCUT2D eigenvalue weighted by atomic mass is 32.2. The van der Waals surface area contributed by atoms with E-state index in [4.69, 9.17) is 0 Å². The van der Waals surface area contributed by atoms with Gasteiger partial charge in [-0.15, -0.1) is 0 Å². The molecular formula is C17H13N3O3S. The van der Waals surface area contributed by atoms with Crippen LogP contribution in [0.4, 0.5) is 10.5 Å². The van der Waals surface area contributed by atoms with Crippen molar-refractivity contribution in [2.24, 2.45) is 0 Å². The van der Waals surface area contributed by atoms with Crippen molar-refractivity contribution in [1.29, 1.82) is 0 Å². The minimum Gasteiger partial charge on any atom is -0.325 e. The number of thioether (sulfide) groups is 1. The Morgan fingerprint density at radius 3 is 2.54 bits per heavy atom. The van der Waals surface area contributed by atoms with E-state index < -0.39 is 17.1 Å². The summed E-state index contributed by atoms with van der Waals surface area (Å²) in [6, 6.07) is 12.3. The van der Waals surface area contributed by atoms with Crippen LogP contribution in [-0.4, -0.2) is 33.5 Å². The summed E-state index contributed by atoms with van der Waals surface area (Å²) in [7, 11) is 0. The van der Waals surface area contributed by atoms with Crippen LogP contribution in [0.15, 0.2) is 59.8 Å².